The van der Waals surface area contributed by atoms with Crippen LogP contribution in [-0.4, -0.2) is 26.9 Å². The molecule has 3 aromatic carbocycles. The van der Waals surface area contributed by atoms with Crippen LogP contribution in [0, 0.1) is 0 Å². The molecular weight excluding hydrogens is 396 g/mol. The third-order valence-corrected chi connectivity index (χ3v) is 7.75. The topological polar surface area (TPSA) is 57.7 Å². The minimum atomic E-state index is -3.65. The Balaban J connectivity index is 1.50. The molecule has 0 N–H and O–H groups in total. The maximum absolute atomic E-state index is 13.4. The van der Waals surface area contributed by atoms with Gasteiger partial charge in [-0.15, -0.1) is 0 Å². The smallest absolute Gasteiger partial charge is 0.264 e. The van der Waals surface area contributed by atoms with Crippen LogP contribution in [-0.2, 0) is 22.9 Å². The molecule has 0 aromatic heterocycles. The van der Waals surface area contributed by atoms with Crippen molar-refractivity contribution in [2.24, 2.45) is 0 Å². The molecular formula is C24H22N2O3S. The first-order chi connectivity index (χ1) is 14.5. The lowest BCUT2D eigenvalue weighted by atomic mass is 10.1. The average Bonchev–Trinajstić information content (AvgIpc) is 3.34. The molecule has 0 saturated carbocycles. The van der Waals surface area contributed by atoms with Crippen molar-refractivity contribution in [3.63, 3.8) is 0 Å². The predicted molar refractivity (Wildman–Crippen MR) is 118 cm³/mol. The summed E-state index contributed by atoms with van der Waals surface area (Å²) >= 11 is 0. The van der Waals surface area contributed by atoms with Crippen molar-refractivity contribution in [1.29, 1.82) is 0 Å². The Kier molecular flexibility index (Phi) is 4.40. The zero-order valence-corrected chi connectivity index (χ0v) is 17.5. The van der Waals surface area contributed by atoms with Gasteiger partial charge in [-0.1, -0.05) is 36.4 Å². The van der Waals surface area contributed by atoms with Crippen molar-refractivity contribution < 1.29 is 13.2 Å². The first-order valence-electron chi connectivity index (χ1n) is 10.1. The van der Waals surface area contributed by atoms with Gasteiger partial charge in [0.2, 0.25) is 0 Å². The Morgan fingerprint density at radius 2 is 1.63 bits per heavy atom. The second kappa shape index (κ2) is 6.99. The van der Waals surface area contributed by atoms with Crippen LogP contribution in [0.1, 0.15) is 28.4 Å². The minimum Gasteiger partial charge on any atom is -0.305 e. The second-order valence-corrected chi connectivity index (χ2v) is 9.70. The third kappa shape index (κ3) is 2.91. The Labute approximate surface area is 176 Å². The standard InChI is InChI=1S/C24H22N2O3S/c1-17-15-20-16-21(30(28,29)25-14-13-18-7-5-6-10-22(18)25)11-12-23(20)26(17)24(27)19-8-3-2-4-9-19/h2-12,16-17H,13-15H2,1H3. The lowest BCUT2D eigenvalue weighted by molar-refractivity contribution is 0.0981. The molecule has 6 heteroatoms. The highest BCUT2D eigenvalue weighted by Crippen LogP contribution is 2.37. The Morgan fingerprint density at radius 1 is 0.900 bits per heavy atom. The molecule has 0 fully saturated rings. The quantitative estimate of drug-likeness (QED) is 0.645. The number of carbonyl (C=O) groups is 1. The molecule has 1 unspecified atom stereocenters. The van der Waals surface area contributed by atoms with Gasteiger partial charge in [-0.25, -0.2) is 8.42 Å². The van der Waals surface area contributed by atoms with E-state index < -0.39 is 10.0 Å². The van der Waals surface area contributed by atoms with Crippen molar-refractivity contribution in [2.45, 2.75) is 30.7 Å². The van der Waals surface area contributed by atoms with E-state index in [1.54, 1.807) is 35.2 Å². The Morgan fingerprint density at radius 3 is 2.43 bits per heavy atom. The first kappa shape index (κ1) is 18.9. The van der Waals surface area contributed by atoms with E-state index in [1.807, 2.05) is 49.4 Å². The van der Waals surface area contributed by atoms with Gasteiger partial charge in [-0.2, -0.15) is 0 Å². The van der Waals surface area contributed by atoms with Gasteiger partial charge < -0.3 is 4.90 Å². The molecule has 30 heavy (non-hydrogen) atoms. The van der Waals surface area contributed by atoms with Crippen molar-refractivity contribution in [1.82, 2.24) is 0 Å². The van der Waals surface area contributed by atoms with Crippen LogP contribution in [0.4, 0.5) is 11.4 Å². The monoisotopic (exact) mass is 418 g/mol. The van der Waals surface area contributed by atoms with Gasteiger partial charge in [-0.3, -0.25) is 9.10 Å². The maximum Gasteiger partial charge on any atom is 0.264 e. The van der Waals surface area contributed by atoms with Crippen LogP contribution in [0.5, 0.6) is 0 Å². The van der Waals surface area contributed by atoms with E-state index in [1.165, 1.54) is 4.31 Å². The zero-order valence-electron chi connectivity index (χ0n) is 16.7. The van der Waals surface area contributed by atoms with Crippen molar-refractivity contribution >= 4 is 27.3 Å². The fraction of sp³-hybridized carbons (Fsp3) is 0.208. The molecule has 0 bridgehead atoms. The molecule has 0 aliphatic carbocycles. The number of carbonyl (C=O) groups excluding carboxylic acids is 1. The van der Waals surface area contributed by atoms with E-state index in [0.717, 1.165) is 28.9 Å². The Bertz CT molecular complexity index is 1240. The molecule has 1 amide bonds. The molecule has 152 valence electrons. The summed E-state index contributed by atoms with van der Waals surface area (Å²) in [6.07, 6.45) is 1.35. The summed E-state index contributed by atoms with van der Waals surface area (Å²) in [5.41, 5.74) is 4.11. The number of hydrogen-bond acceptors (Lipinski definition) is 3. The number of amides is 1. The summed E-state index contributed by atoms with van der Waals surface area (Å²) in [7, 11) is -3.65. The van der Waals surface area contributed by atoms with Crippen LogP contribution in [0.25, 0.3) is 0 Å². The summed E-state index contributed by atoms with van der Waals surface area (Å²) in [5, 5.41) is 0. The highest BCUT2D eigenvalue weighted by atomic mass is 32.2. The molecule has 2 aliphatic heterocycles. The van der Waals surface area contributed by atoms with Crippen molar-refractivity contribution in [3.05, 3.63) is 89.5 Å². The summed E-state index contributed by atoms with van der Waals surface area (Å²) < 4.78 is 28.2. The molecule has 0 spiro atoms. The van der Waals surface area contributed by atoms with E-state index in [4.69, 9.17) is 0 Å². The molecule has 1 atom stereocenters. The van der Waals surface area contributed by atoms with E-state index >= 15 is 0 Å². The SMILES string of the molecule is CC1Cc2cc(S(=O)(=O)N3CCc4ccccc43)ccc2N1C(=O)c1ccccc1. The van der Waals surface area contributed by atoms with Gasteiger partial charge in [0.05, 0.1) is 10.6 Å². The fourth-order valence-electron chi connectivity index (χ4n) is 4.48. The average molecular weight is 419 g/mol. The summed E-state index contributed by atoms with van der Waals surface area (Å²) in [5.74, 6) is -0.0640. The summed E-state index contributed by atoms with van der Waals surface area (Å²) in [6, 6.07) is 21.9. The van der Waals surface area contributed by atoms with Crippen LogP contribution >= 0.6 is 0 Å². The molecule has 0 radical (unpaired) electrons. The molecule has 5 nitrogen and oxygen atoms in total. The number of nitrogens with zero attached hydrogens (tertiary/aromatic N) is 2. The molecule has 0 saturated heterocycles. The van der Waals surface area contributed by atoms with Crippen molar-refractivity contribution in [2.75, 3.05) is 15.7 Å². The van der Waals surface area contributed by atoms with E-state index in [2.05, 4.69) is 0 Å². The maximum atomic E-state index is 13.4. The van der Waals surface area contributed by atoms with Crippen LogP contribution in [0.15, 0.2) is 77.7 Å². The summed E-state index contributed by atoms with van der Waals surface area (Å²) in [6.45, 7) is 2.44. The number of sulfonamides is 1. The Hall–Kier alpha value is -3.12. The van der Waals surface area contributed by atoms with Gasteiger partial charge in [0.25, 0.3) is 15.9 Å². The van der Waals surface area contributed by atoms with Gasteiger partial charge in [0, 0.05) is 23.8 Å². The second-order valence-electron chi connectivity index (χ2n) is 7.84. The number of fused-ring (bicyclic) bond motifs is 2. The highest BCUT2D eigenvalue weighted by molar-refractivity contribution is 7.92. The number of anilines is 2. The number of hydrogen-bond donors (Lipinski definition) is 0. The normalized spacial score (nSPS) is 17.7. The fourth-order valence-corrected chi connectivity index (χ4v) is 6.04. The van der Waals surface area contributed by atoms with Gasteiger partial charge in [0.1, 0.15) is 0 Å². The third-order valence-electron chi connectivity index (χ3n) is 5.94. The number of rotatable bonds is 3. The zero-order chi connectivity index (χ0) is 20.9. The van der Waals surface area contributed by atoms with Gasteiger partial charge >= 0.3 is 0 Å². The van der Waals surface area contributed by atoms with Gasteiger partial charge in [0.15, 0.2) is 0 Å². The largest absolute Gasteiger partial charge is 0.305 e. The lowest BCUT2D eigenvalue weighted by Gasteiger charge is -2.23. The molecule has 5 rings (SSSR count). The predicted octanol–water partition coefficient (Wildman–Crippen LogP) is 4.03. The molecule has 2 heterocycles. The highest BCUT2D eigenvalue weighted by Gasteiger charge is 2.35. The van der Waals surface area contributed by atoms with E-state index in [-0.39, 0.29) is 16.8 Å². The van der Waals surface area contributed by atoms with Crippen LogP contribution in [0.2, 0.25) is 0 Å². The minimum absolute atomic E-state index is 0.0295. The lowest BCUT2D eigenvalue weighted by Crippen LogP contribution is -2.35. The number of benzene rings is 3. The first-order valence-corrected chi connectivity index (χ1v) is 11.5. The van der Waals surface area contributed by atoms with Crippen molar-refractivity contribution in [3.8, 4) is 0 Å². The van der Waals surface area contributed by atoms with Crippen LogP contribution < -0.4 is 9.21 Å². The number of para-hydroxylation sites is 1. The van der Waals surface area contributed by atoms with E-state index in [9.17, 15) is 13.2 Å². The summed E-state index contributed by atoms with van der Waals surface area (Å²) in [4.78, 5) is 15.1. The van der Waals surface area contributed by atoms with E-state index in [0.29, 0.717) is 18.5 Å². The van der Waals surface area contributed by atoms with Crippen LogP contribution in [0.3, 0.4) is 0 Å². The molecule has 2 aliphatic rings. The molecule has 3 aromatic rings. The van der Waals surface area contributed by atoms with Gasteiger partial charge in [-0.05, 0) is 67.3 Å².